The van der Waals surface area contributed by atoms with E-state index < -0.39 is 0 Å². The van der Waals surface area contributed by atoms with Gasteiger partial charge in [-0.2, -0.15) is 0 Å². The fourth-order valence-electron chi connectivity index (χ4n) is 1.88. The molecule has 0 saturated carbocycles. The van der Waals surface area contributed by atoms with Crippen molar-refractivity contribution in [3.8, 4) is 11.8 Å². The summed E-state index contributed by atoms with van der Waals surface area (Å²) < 4.78 is 0. The highest BCUT2D eigenvalue weighted by atomic mass is 16.1. The van der Waals surface area contributed by atoms with E-state index in [0.29, 0.717) is 18.7 Å². The van der Waals surface area contributed by atoms with Crippen molar-refractivity contribution in [3.63, 3.8) is 0 Å². The van der Waals surface area contributed by atoms with Crippen LogP contribution >= 0.6 is 0 Å². The van der Waals surface area contributed by atoms with Crippen molar-refractivity contribution in [2.45, 2.75) is 13.5 Å². The third kappa shape index (κ3) is 4.16. The molecule has 3 N–H and O–H groups in total. The van der Waals surface area contributed by atoms with Crippen molar-refractivity contribution >= 4 is 5.91 Å². The van der Waals surface area contributed by atoms with Crippen molar-refractivity contribution in [1.29, 1.82) is 0 Å². The summed E-state index contributed by atoms with van der Waals surface area (Å²) in [7, 11) is 0. The summed E-state index contributed by atoms with van der Waals surface area (Å²) in [6, 6.07) is 9.32. The van der Waals surface area contributed by atoms with E-state index in [0.717, 1.165) is 16.7 Å². The maximum Gasteiger partial charge on any atom is 0.251 e. The maximum absolute atomic E-state index is 12.3. The van der Waals surface area contributed by atoms with E-state index in [1.807, 2.05) is 31.2 Å². The van der Waals surface area contributed by atoms with Gasteiger partial charge in [0, 0.05) is 30.1 Å². The molecule has 2 rings (SSSR count). The minimum Gasteiger partial charge on any atom is -0.348 e. The van der Waals surface area contributed by atoms with Gasteiger partial charge in [0.15, 0.2) is 0 Å². The van der Waals surface area contributed by atoms with Gasteiger partial charge in [0.1, 0.15) is 0 Å². The molecular formula is C17H17N3O. The van der Waals surface area contributed by atoms with Crippen LogP contribution in [0.2, 0.25) is 0 Å². The number of amides is 1. The molecule has 0 spiro atoms. The Morgan fingerprint density at radius 3 is 2.95 bits per heavy atom. The summed E-state index contributed by atoms with van der Waals surface area (Å²) in [6.07, 6.45) is 3.44. The zero-order valence-electron chi connectivity index (χ0n) is 11.9. The average molecular weight is 279 g/mol. The summed E-state index contributed by atoms with van der Waals surface area (Å²) >= 11 is 0. The Balaban J connectivity index is 2.11. The summed E-state index contributed by atoms with van der Waals surface area (Å²) in [5, 5.41) is 2.89. The van der Waals surface area contributed by atoms with Crippen LogP contribution in [-0.2, 0) is 6.54 Å². The standard InChI is InChI=1S/C17H17N3O/c1-13-6-7-14(4-2-8-18)10-16(13)17(21)20-12-15-5-3-9-19-11-15/h3,5-7,9-11H,8,12,18H2,1H3,(H,20,21). The van der Waals surface area contributed by atoms with Gasteiger partial charge in [-0.3, -0.25) is 9.78 Å². The van der Waals surface area contributed by atoms with Crippen molar-refractivity contribution in [1.82, 2.24) is 10.3 Å². The molecule has 0 aliphatic heterocycles. The lowest BCUT2D eigenvalue weighted by Gasteiger charge is -2.08. The van der Waals surface area contributed by atoms with E-state index in [4.69, 9.17) is 5.73 Å². The number of nitrogens with zero attached hydrogens (tertiary/aromatic N) is 1. The van der Waals surface area contributed by atoms with E-state index in [1.54, 1.807) is 18.5 Å². The highest BCUT2D eigenvalue weighted by molar-refractivity contribution is 5.95. The fraction of sp³-hybridized carbons (Fsp3) is 0.176. The zero-order valence-corrected chi connectivity index (χ0v) is 11.9. The first kappa shape index (κ1) is 14.8. The van der Waals surface area contributed by atoms with Crippen LogP contribution in [0.5, 0.6) is 0 Å². The lowest BCUT2D eigenvalue weighted by atomic mass is 10.0. The average Bonchev–Trinajstić information content (AvgIpc) is 2.53. The molecule has 0 aliphatic rings. The van der Waals surface area contributed by atoms with Crippen LogP contribution < -0.4 is 11.1 Å². The SMILES string of the molecule is Cc1ccc(C#CCN)cc1C(=O)NCc1cccnc1. The van der Waals surface area contributed by atoms with Gasteiger partial charge in [-0.15, -0.1) is 0 Å². The van der Waals surface area contributed by atoms with Crippen molar-refractivity contribution in [3.05, 3.63) is 65.0 Å². The van der Waals surface area contributed by atoms with Crippen molar-refractivity contribution in [2.24, 2.45) is 5.73 Å². The van der Waals surface area contributed by atoms with Gasteiger partial charge in [-0.1, -0.05) is 24.0 Å². The third-order valence-corrected chi connectivity index (χ3v) is 2.99. The predicted molar refractivity (Wildman–Crippen MR) is 82.5 cm³/mol. The Hall–Kier alpha value is -2.64. The molecule has 1 amide bonds. The molecule has 21 heavy (non-hydrogen) atoms. The Morgan fingerprint density at radius 2 is 2.24 bits per heavy atom. The molecule has 0 fully saturated rings. The molecule has 0 unspecified atom stereocenters. The molecule has 1 heterocycles. The molecule has 1 aromatic heterocycles. The number of aromatic nitrogens is 1. The number of carbonyl (C=O) groups excluding carboxylic acids is 1. The van der Waals surface area contributed by atoms with E-state index in [2.05, 4.69) is 22.1 Å². The van der Waals surface area contributed by atoms with Gasteiger partial charge < -0.3 is 11.1 Å². The second kappa shape index (κ2) is 7.22. The number of benzene rings is 1. The first-order chi connectivity index (χ1) is 10.2. The van der Waals surface area contributed by atoms with Gasteiger partial charge in [0.25, 0.3) is 5.91 Å². The normalized spacial score (nSPS) is 9.62. The first-order valence-corrected chi connectivity index (χ1v) is 6.67. The lowest BCUT2D eigenvalue weighted by Crippen LogP contribution is -2.23. The summed E-state index contributed by atoms with van der Waals surface area (Å²) in [5.74, 6) is 5.60. The number of nitrogens with two attached hydrogens (primary N) is 1. The predicted octanol–water partition coefficient (Wildman–Crippen LogP) is 1.63. The number of hydrogen-bond donors (Lipinski definition) is 2. The van der Waals surface area contributed by atoms with Gasteiger partial charge in [0.2, 0.25) is 0 Å². The van der Waals surface area contributed by atoms with Gasteiger partial charge >= 0.3 is 0 Å². The molecule has 1 aromatic carbocycles. The molecule has 0 saturated heterocycles. The molecule has 0 atom stereocenters. The van der Waals surface area contributed by atoms with E-state index in [9.17, 15) is 4.79 Å². The van der Waals surface area contributed by atoms with Crippen molar-refractivity contribution in [2.75, 3.05) is 6.54 Å². The van der Waals surface area contributed by atoms with Gasteiger partial charge in [-0.25, -0.2) is 0 Å². The number of aryl methyl sites for hydroxylation is 1. The third-order valence-electron chi connectivity index (χ3n) is 2.99. The second-order valence-electron chi connectivity index (χ2n) is 4.58. The number of pyridine rings is 1. The van der Waals surface area contributed by atoms with E-state index in [1.165, 1.54) is 0 Å². The minimum atomic E-state index is -0.118. The molecule has 4 nitrogen and oxygen atoms in total. The van der Waals surface area contributed by atoms with Crippen LogP contribution in [0, 0.1) is 18.8 Å². The number of hydrogen-bond acceptors (Lipinski definition) is 3. The molecular weight excluding hydrogens is 262 g/mol. The maximum atomic E-state index is 12.3. The molecule has 0 bridgehead atoms. The molecule has 4 heteroatoms. The summed E-state index contributed by atoms with van der Waals surface area (Å²) in [4.78, 5) is 16.3. The second-order valence-corrected chi connectivity index (χ2v) is 4.58. The Bertz CT molecular complexity index is 684. The first-order valence-electron chi connectivity index (χ1n) is 6.67. The number of carbonyl (C=O) groups is 1. The number of nitrogens with one attached hydrogen (secondary N) is 1. The Kier molecular flexibility index (Phi) is 5.08. The fourth-order valence-corrected chi connectivity index (χ4v) is 1.88. The van der Waals surface area contributed by atoms with E-state index >= 15 is 0 Å². The largest absolute Gasteiger partial charge is 0.348 e. The monoisotopic (exact) mass is 279 g/mol. The van der Waals surface area contributed by atoms with Crippen molar-refractivity contribution < 1.29 is 4.79 Å². The highest BCUT2D eigenvalue weighted by Gasteiger charge is 2.09. The Labute approximate surface area is 124 Å². The van der Waals surface area contributed by atoms with E-state index in [-0.39, 0.29) is 5.91 Å². The highest BCUT2D eigenvalue weighted by Crippen LogP contribution is 2.11. The van der Waals surface area contributed by atoms with Gasteiger partial charge in [-0.05, 0) is 36.2 Å². The van der Waals surface area contributed by atoms with Gasteiger partial charge in [0.05, 0.1) is 6.54 Å². The van der Waals surface area contributed by atoms with Crippen LogP contribution in [0.4, 0.5) is 0 Å². The molecule has 106 valence electrons. The van der Waals surface area contributed by atoms with Crippen LogP contribution in [0.1, 0.15) is 27.0 Å². The summed E-state index contributed by atoms with van der Waals surface area (Å²) in [5.41, 5.74) is 8.65. The van der Waals surface area contributed by atoms with Crippen LogP contribution in [-0.4, -0.2) is 17.4 Å². The Morgan fingerprint density at radius 1 is 1.38 bits per heavy atom. The zero-order chi connectivity index (χ0) is 15.1. The van der Waals surface area contributed by atoms with Crippen LogP contribution in [0.15, 0.2) is 42.7 Å². The van der Waals surface area contributed by atoms with Crippen LogP contribution in [0.3, 0.4) is 0 Å². The summed E-state index contributed by atoms with van der Waals surface area (Å²) in [6.45, 7) is 2.65. The minimum absolute atomic E-state index is 0.118. The quantitative estimate of drug-likeness (QED) is 0.839. The molecule has 2 aromatic rings. The molecule has 0 aliphatic carbocycles. The lowest BCUT2D eigenvalue weighted by molar-refractivity contribution is 0.0950. The smallest absolute Gasteiger partial charge is 0.251 e. The topological polar surface area (TPSA) is 68.0 Å². The van der Waals surface area contributed by atoms with Crippen LogP contribution in [0.25, 0.3) is 0 Å². The number of rotatable bonds is 3. The molecule has 0 radical (unpaired) electrons.